The number of ketones is 1. The lowest BCUT2D eigenvalue weighted by Crippen LogP contribution is -2.08. The molecule has 37 heavy (non-hydrogen) atoms. The number of nitrogens with zero attached hydrogens (tertiary/aromatic N) is 1. The first-order valence-electron chi connectivity index (χ1n) is 9.89. The van der Waals surface area contributed by atoms with Crippen molar-refractivity contribution in [3.8, 4) is 0 Å². The molecule has 0 spiro atoms. The minimum absolute atomic E-state index is 0. The first-order chi connectivity index (χ1) is 16.8. The molecule has 0 unspecified atom stereocenters. The van der Waals surface area contributed by atoms with E-state index in [1.54, 1.807) is 0 Å². The summed E-state index contributed by atoms with van der Waals surface area (Å²) < 4.78 is 60.1. The average Bonchev–Trinajstić information content (AvgIpc) is 3.21. The number of hydrogen-bond donors (Lipinski definition) is 1. The summed E-state index contributed by atoms with van der Waals surface area (Å²) in [4.78, 5) is 55.3. The molecule has 0 bridgehead atoms. The van der Waals surface area contributed by atoms with Crippen molar-refractivity contribution < 1.29 is 56.1 Å². The zero-order chi connectivity index (χ0) is 27.4. The van der Waals surface area contributed by atoms with Crippen LogP contribution in [0.4, 0.5) is 17.6 Å². The molecule has 1 N–H and O–H groups in total. The first-order valence-corrected chi connectivity index (χ1v) is 9.89. The van der Waals surface area contributed by atoms with E-state index in [1.165, 1.54) is 13.8 Å². The van der Waals surface area contributed by atoms with E-state index in [0.29, 0.717) is 0 Å². The second kappa shape index (κ2) is 15.5. The van der Waals surface area contributed by atoms with E-state index in [2.05, 4.69) is 14.5 Å². The van der Waals surface area contributed by atoms with Gasteiger partial charge in [0.15, 0.2) is 5.78 Å². The van der Waals surface area contributed by atoms with E-state index in [4.69, 9.17) is 5.11 Å². The number of ether oxygens (including phenoxy) is 2. The van der Waals surface area contributed by atoms with E-state index < -0.39 is 64.9 Å². The second-order valence-corrected chi connectivity index (χ2v) is 6.75. The Bertz CT molecular complexity index is 1190. The van der Waals surface area contributed by atoms with Crippen LogP contribution in [-0.4, -0.2) is 47.2 Å². The third-order valence-electron chi connectivity index (χ3n) is 3.80. The Labute approximate surface area is 208 Å². The third-order valence-corrected chi connectivity index (χ3v) is 3.80. The largest absolute Gasteiger partial charge is 0.481 e. The molecule has 0 amide bonds. The van der Waals surface area contributed by atoms with Crippen molar-refractivity contribution in [3.63, 3.8) is 0 Å². The highest BCUT2D eigenvalue weighted by molar-refractivity contribution is 6.05. The van der Waals surface area contributed by atoms with E-state index >= 15 is 0 Å². The molecule has 0 aliphatic carbocycles. The van der Waals surface area contributed by atoms with Crippen LogP contribution in [0.25, 0.3) is 0 Å². The summed E-state index contributed by atoms with van der Waals surface area (Å²) in [5.74, 6) is -6.56. The van der Waals surface area contributed by atoms with Crippen molar-refractivity contribution in [3.05, 3.63) is 70.8 Å². The van der Waals surface area contributed by atoms with Crippen molar-refractivity contribution in [1.82, 2.24) is 0 Å². The molecule has 0 radical (unpaired) electrons. The van der Waals surface area contributed by atoms with Gasteiger partial charge in [-0.25, -0.2) is 27.3 Å². The summed E-state index contributed by atoms with van der Waals surface area (Å²) >= 11 is 0. The van der Waals surface area contributed by atoms with Gasteiger partial charge < -0.3 is 14.6 Å². The number of hydrogen-bond acceptors (Lipinski definition) is 8. The van der Waals surface area contributed by atoms with Gasteiger partial charge in [-0.1, -0.05) is 7.43 Å². The molecule has 0 atom stereocenters. The van der Waals surface area contributed by atoms with Crippen LogP contribution in [-0.2, 0) is 28.7 Å². The Kier molecular flexibility index (Phi) is 13.7. The molecule has 1 aliphatic rings. The molecule has 3 rings (SSSR count). The van der Waals surface area contributed by atoms with E-state index in [-0.39, 0.29) is 31.9 Å². The molecule has 200 valence electrons. The van der Waals surface area contributed by atoms with Crippen molar-refractivity contribution >= 4 is 35.6 Å². The summed E-state index contributed by atoms with van der Waals surface area (Å²) in [6, 6.07) is 5.37. The lowest BCUT2D eigenvalue weighted by molar-refractivity contribution is -0.156. The van der Waals surface area contributed by atoms with Crippen LogP contribution in [0.3, 0.4) is 0 Å². The van der Waals surface area contributed by atoms with Gasteiger partial charge in [0, 0.05) is 20.3 Å². The van der Waals surface area contributed by atoms with Gasteiger partial charge >= 0.3 is 23.9 Å². The second-order valence-electron chi connectivity index (χ2n) is 6.75. The van der Waals surface area contributed by atoms with Gasteiger partial charge in [0.05, 0.1) is 17.5 Å². The maximum atomic E-state index is 13.1. The summed E-state index contributed by atoms with van der Waals surface area (Å²) in [6.07, 6.45) is -0.732. The minimum Gasteiger partial charge on any atom is -0.481 e. The molecule has 0 saturated heterocycles. The fourth-order valence-corrected chi connectivity index (χ4v) is 2.38. The normalized spacial score (nSPS) is 11.3. The number of cyclic esters (lactones) is 1. The number of rotatable bonds is 5. The first kappa shape index (κ1) is 32.6. The van der Waals surface area contributed by atoms with Crippen molar-refractivity contribution in [1.29, 1.82) is 0 Å². The number of aliphatic imine (C=N–C) groups is 1. The van der Waals surface area contributed by atoms with Gasteiger partial charge in [-0.05, 0) is 36.4 Å². The molecule has 9 nitrogen and oxygen atoms in total. The van der Waals surface area contributed by atoms with Crippen LogP contribution in [0, 0.1) is 23.3 Å². The number of esters is 3. The lowest BCUT2D eigenvalue weighted by atomic mass is 10.1. The van der Waals surface area contributed by atoms with Gasteiger partial charge in [0.2, 0.25) is 5.90 Å². The van der Waals surface area contributed by atoms with Crippen LogP contribution in [0.1, 0.15) is 50.0 Å². The molecular formula is C24H23F4NO8. The highest BCUT2D eigenvalue weighted by atomic mass is 19.1. The molecular weight excluding hydrogens is 506 g/mol. The molecule has 2 aromatic carbocycles. The van der Waals surface area contributed by atoms with Crippen molar-refractivity contribution in [2.75, 3.05) is 6.54 Å². The molecule has 0 fully saturated rings. The van der Waals surface area contributed by atoms with Crippen LogP contribution in [0.15, 0.2) is 41.4 Å². The van der Waals surface area contributed by atoms with E-state index in [9.17, 15) is 41.5 Å². The molecule has 1 heterocycles. The van der Waals surface area contributed by atoms with Crippen LogP contribution in [0.2, 0.25) is 0 Å². The summed E-state index contributed by atoms with van der Waals surface area (Å²) in [6.45, 7) is 2.22. The monoisotopic (exact) mass is 529 g/mol. The Morgan fingerprint density at radius 2 is 1.46 bits per heavy atom. The van der Waals surface area contributed by atoms with Crippen LogP contribution in [0.5, 0.6) is 0 Å². The average molecular weight is 529 g/mol. The summed E-state index contributed by atoms with van der Waals surface area (Å²) in [5, 5.41) is 8.31. The van der Waals surface area contributed by atoms with E-state index in [0.717, 1.165) is 36.4 Å². The summed E-state index contributed by atoms with van der Waals surface area (Å²) in [5.41, 5.74) is -0.535. The molecule has 2 aromatic rings. The Morgan fingerprint density at radius 1 is 0.919 bits per heavy atom. The predicted octanol–water partition coefficient (Wildman–Crippen LogP) is 4.01. The number of halogens is 4. The van der Waals surface area contributed by atoms with Gasteiger partial charge in [-0.3, -0.25) is 19.2 Å². The minimum atomic E-state index is -1.15. The molecule has 13 heteroatoms. The third kappa shape index (κ3) is 12.2. The van der Waals surface area contributed by atoms with Gasteiger partial charge in [-0.15, -0.1) is 0 Å². The number of carbonyl (C=O) groups excluding carboxylic acids is 4. The number of Topliss-reactive ketones (excluding diaryl/α,β-unsaturated/α-hetero) is 1. The zero-order valence-corrected chi connectivity index (χ0v) is 18.8. The number of carboxylic acid groups (broad SMARTS) is 1. The maximum absolute atomic E-state index is 13.1. The molecule has 1 aliphatic heterocycles. The quantitative estimate of drug-likeness (QED) is 0.266. The van der Waals surface area contributed by atoms with Crippen LogP contribution >= 0.6 is 0 Å². The Balaban J connectivity index is 0.000000552. The Morgan fingerprint density at radius 3 is 1.92 bits per heavy atom. The van der Waals surface area contributed by atoms with Crippen molar-refractivity contribution in [2.24, 2.45) is 4.99 Å². The fourth-order valence-electron chi connectivity index (χ4n) is 2.38. The standard InChI is InChI=1S/C10H8F2O3.C9H5F2NO2.C4H6O3.CH4/c11-6-1-2-8(12)7(5-6)9(13)3-4-10(14)15;10-5-1-2-7(11)6(3-5)9-12-4-8(13)14-9;1-3(5)7-4(2)6;/h1-2,5H,3-4H2,(H,14,15);1-3H,4H2;1-2H3;1H4. The highest BCUT2D eigenvalue weighted by Crippen LogP contribution is 2.15. The van der Waals surface area contributed by atoms with Crippen molar-refractivity contribution in [2.45, 2.75) is 34.1 Å². The lowest BCUT2D eigenvalue weighted by Gasteiger charge is -2.01. The number of benzene rings is 2. The van der Waals surface area contributed by atoms with E-state index in [1.807, 2.05) is 0 Å². The summed E-state index contributed by atoms with van der Waals surface area (Å²) in [7, 11) is 0. The fraction of sp³-hybridized carbons (Fsp3) is 0.250. The molecule has 0 aromatic heterocycles. The van der Waals surface area contributed by atoms with Crippen LogP contribution < -0.4 is 0 Å². The molecule has 0 saturated carbocycles. The van der Waals surface area contributed by atoms with Gasteiger partial charge in [-0.2, -0.15) is 0 Å². The number of carbonyl (C=O) groups is 5. The highest BCUT2D eigenvalue weighted by Gasteiger charge is 2.21. The Hall–Kier alpha value is -4.42. The number of carboxylic acids is 1. The van der Waals surface area contributed by atoms with Gasteiger partial charge in [0.1, 0.15) is 29.8 Å². The topological polar surface area (TPSA) is 136 Å². The smallest absolute Gasteiger partial charge is 0.334 e. The zero-order valence-electron chi connectivity index (χ0n) is 18.8. The predicted molar refractivity (Wildman–Crippen MR) is 121 cm³/mol. The SMILES string of the molecule is C.CC(=O)OC(C)=O.O=C(O)CCC(=O)c1cc(F)ccc1F.O=C1CN=C(c2cc(F)ccc2F)O1. The van der Waals surface area contributed by atoms with Gasteiger partial charge in [0.25, 0.3) is 0 Å². The maximum Gasteiger partial charge on any atom is 0.334 e. The number of aliphatic carboxylic acids is 1.